The summed E-state index contributed by atoms with van der Waals surface area (Å²) in [4.78, 5) is 0.908. The fourth-order valence-corrected chi connectivity index (χ4v) is 2.35. The van der Waals surface area contributed by atoms with Crippen LogP contribution in [0.3, 0.4) is 0 Å². The zero-order chi connectivity index (χ0) is 12.3. The summed E-state index contributed by atoms with van der Waals surface area (Å²) in [5.41, 5.74) is 1.55. The van der Waals surface area contributed by atoms with Crippen LogP contribution < -0.4 is 5.32 Å². The van der Waals surface area contributed by atoms with Crippen LogP contribution in [0.5, 0.6) is 0 Å². The normalized spacial score (nSPS) is 12.4. The molecule has 0 radical (unpaired) electrons. The van der Waals surface area contributed by atoms with E-state index in [-0.39, 0.29) is 5.82 Å². The SMILES string of the molecule is Cc1cc(F)cc(NCC(O)c2cccs2)c1. The van der Waals surface area contributed by atoms with Crippen LogP contribution >= 0.6 is 11.3 Å². The summed E-state index contributed by atoms with van der Waals surface area (Å²) in [6, 6.07) is 8.53. The van der Waals surface area contributed by atoms with Crippen LogP contribution in [0.15, 0.2) is 35.7 Å². The quantitative estimate of drug-likeness (QED) is 0.873. The fourth-order valence-electron chi connectivity index (χ4n) is 1.63. The third-order valence-corrected chi connectivity index (χ3v) is 3.39. The topological polar surface area (TPSA) is 32.3 Å². The first kappa shape index (κ1) is 12.1. The molecule has 1 heterocycles. The van der Waals surface area contributed by atoms with Gasteiger partial charge < -0.3 is 10.4 Å². The molecule has 4 heteroatoms. The van der Waals surface area contributed by atoms with Crippen molar-refractivity contribution < 1.29 is 9.50 Å². The standard InChI is InChI=1S/C13H14FNOS/c1-9-5-10(14)7-11(6-9)15-8-12(16)13-3-2-4-17-13/h2-7,12,15-16H,8H2,1H3. The second-order valence-corrected chi connectivity index (χ2v) is 4.91. The summed E-state index contributed by atoms with van der Waals surface area (Å²) in [6.45, 7) is 2.22. The number of aliphatic hydroxyl groups excluding tert-OH is 1. The number of aryl methyl sites for hydroxylation is 1. The van der Waals surface area contributed by atoms with Gasteiger partial charge in [0.15, 0.2) is 0 Å². The van der Waals surface area contributed by atoms with E-state index >= 15 is 0 Å². The van der Waals surface area contributed by atoms with E-state index < -0.39 is 6.10 Å². The molecule has 1 unspecified atom stereocenters. The Kier molecular flexibility index (Phi) is 3.76. The minimum atomic E-state index is -0.557. The van der Waals surface area contributed by atoms with Crippen LogP contribution in [0.2, 0.25) is 0 Å². The Bertz CT molecular complexity index is 464. The molecule has 0 aliphatic rings. The molecule has 17 heavy (non-hydrogen) atoms. The van der Waals surface area contributed by atoms with Gasteiger partial charge in [0.1, 0.15) is 11.9 Å². The zero-order valence-corrected chi connectivity index (χ0v) is 10.3. The smallest absolute Gasteiger partial charge is 0.125 e. The number of thiophene rings is 1. The van der Waals surface area contributed by atoms with E-state index in [9.17, 15) is 9.50 Å². The third kappa shape index (κ3) is 3.28. The van der Waals surface area contributed by atoms with Gasteiger partial charge in [-0.15, -0.1) is 11.3 Å². The fraction of sp³-hybridized carbons (Fsp3) is 0.231. The predicted octanol–water partition coefficient (Wildman–Crippen LogP) is 3.34. The second-order valence-electron chi connectivity index (χ2n) is 3.93. The van der Waals surface area contributed by atoms with Gasteiger partial charge in [-0.1, -0.05) is 6.07 Å². The molecule has 0 amide bonds. The van der Waals surface area contributed by atoms with Crippen molar-refractivity contribution in [3.63, 3.8) is 0 Å². The highest BCUT2D eigenvalue weighted by Gasteiger charge is 2.08. The average molecular weight is 251 g/mol. The van der Waals surface area contributed by atoms with Gasteiger partial charge in [-0.25, -0.2) is 4.39 Å². The van der Waals surface area contributed by atoms with Gasteiger partial charge in [0.05, 0.1) is 0 Å². The molecule has 0 spiro atoms. The minimum absolute atomic E-state index is 0.266. The van der Waals surface area contributed by atoms with Crippen LogP contribution in [0.25, 0.3) is 0 Å². The van der Waals surface area contributed by atoms with Gasteiger partial charge in [-0.05, 0) is 42.1 Å². The van der Waals surface area contributed by atoms with E-state index in [0.717, 1.165) is 10.4 Å². The summed E-state index contributed by atoms with van der Waals surface area (Å²) in [7, 11) is 0. The number of aliphatic hydroxyl groups is 1. The molecule has 2 N–H and O–H groups in total. The van der Waals surface area contributed by atoms with Gasteiger partial charge >= 0.3 is 0 Å². The van der Waals surface area contributed by atoms with Crippen molar-refractivity contribution in [1.82, 2.24) is 0 Å². The molecule has 2 nitrogen and oxygen atoms in total. The van der Waals surface area contributed by atoms with Gasteiger partial charge in [0.25, 0.3) is 0 Å². The summed E-state index contributed by atoms with van der Waals surface area (Å²) in [5.74, 6) is -0.266. The maximum atomic E-state index is 13.1. The summed E-state index contributed by atoms with van der Waals surface area (Å²) < 4.78 is 13.1. The van der Waals surface area contributed by atoms with Crippen LogP contribution in [0.4, 0.5) is 10.1 Å². The lowest BCUT2D eigenvalue weighted by Crippen LogP contribution is -2.11. The van der Waals surface area contributed by atoms with Gasteiger partial charge in [-0.2, -0.15) is 0 Å². The number of halogens is 1. The Labute approximate surface area is 104 Å². The third-order valence-electron chi connectivity index (χ3n) is 2.41. The zero-order valence-electron chi connectivity index (χ0n) is 9.48. The Morgan fingerprint density at radius 2 is 2.24 bits per heavy atom. The molecule has 0 saturated carbocycles. The molecular formula is C13H14FNOS. The van der Waals surface area contributed by atoms with Gasteiger partial charge in [-0.3, -0.25) is 0 Å². The molecular weight excluding hydrogens is 237 g/mol. The lowest BCUT2D eigenvalue weighted by molar-refractivity contribution is 0.195. The highest BCUT2D eigenvalue weighted by molar-refractivity contribution is 7.10. The van der Waals surface area contributed by atoms with Gasteiger partial charge in [0, 0.05) is 17.1 Å². The number of nitrogens with one attached hydrogen (secondary N) is 1. The van der Waals surface area contributed by atoms with Gasteiger partial charge in [0.2, 0.25) is 0 Å². The largest absolute Gasteiger partial charge is 0.386 e. The van der Waals surface area contributed by atoms with Crippen molar-refractivity contribution in [2.45, 2.75) is 13.0 Å². The van der Waals surface area contributed by atoms with E-state index in [0.29, 0.717) is 12.2 Å². The lowest BCUT2D eigenvalue weighted by atomic mass is 10.2. The maximum absolute atomic E-state index is 13.1. The van der Waals surface area contributed by atoms with Crippen LogP contribution in [0.1, 0.15) is 16.5 Å². The number of hydrogen-bond donors (Lipinski definition) is 2. The average Bonchev–Trinajstić information content (AvgIpc) is 2.78. The molecule has 0 aliphatic heterocycles. The molecule has 0 aliphatic carbocycles. The van der Waals surface area contributed by atoms with E-state index in [1.54, 1.807) is 0 Å². The predicted molar refractivity (Wildman–Crippen MR) is 68.9 cm³/mol. The Morgan fingerprint density at radius 1 is 1.41 bits per heavy atom. The Balaban J connectivity index is 1.98. The summed E-state index contributed by atoms with van der Waals surface area (Å²) in [5, 5.41) is 14.8. The monoisotopic (exact) mass is 251 g/mol. The summed E-state index contributed by atoms with van der Waals surface area (Å²) in [6.07, 6.45) is -0.557. The van der Waals surface area contributed by atoms with Crippen molar-refractivity contribution in [2.75, 3.05) is 11.9 Å². The van der Waals surface area contributed by atoms with Crippen LogP contribution in [-0.2, 0) is 0 Å². The second kappa shape index (κ2) is 5.29. The van der Waals surface area contributed by atoms with Crippen molar-refractivity contribution in [3.8, 4) is 0 Å². The number of benzene rings is 1. The molecule has 1 atom stereocenters. The highest BCUT2D eigenvalue weighted by Crippen LogP contribution is 2.20. The summed E-state index contributed by atoms with van der Waals surface area (Å²) >= 11 is 1.51. The maximum Gasteiger partial charge on any atom is 0.125 e. The first-order valence-corrected chi connectivity index (χ1v) is 6.25. The molecule has 1 aromatic carbocycles. The molecule has 2 aromatic rings. The molecule has 1 aromatic heterocycles. The molecule has 0 saturated heterocycles. The number of hydrogen-bond acceptors (Lipinski definition) is 3. The first-order chi connectivity index (χ1) is 8.15. The number of anilines is 1. The van der Waals surface area contributed by atoms with Crippen LogP contribution in [-0.4, -0.2) is 11.7 Å². The van der Waals surface area contributed by atoms with E-state index in [1.807, 2.05) is 30.5 Å². The minimum Gasteiger partial charge on any atom is -0.386 e. The Hall–Kier alpha value is -1.39. The number of rotatable bonds is 4. The van der Waals surface area contributed by atoms with E-state index in [2.05, 4.69) is 5.32 Å². The van der Waals surface area contributed by atoms with Crippen molar-refractivity contribution in [1.29, 1.82) is 0 Å². The molecule has 90 valence electrons. The molecule has 0 fully saturated rings. The lowest BCUT2D eigenvalue weighted by Gasteiger charge is -2.11. The molecule has 2 rings (SSSR count). The van der Waals surface area contributed by atoms with Crippen molar-refractivity contribution >= 4 is 17.0 Å². The highest BCUT2D eigenvalue weighted by atomic mass is 32.1. The van der Waals surface area contributed by atoms with Crippen LogP contribution in [0, 0.1) is 12.7 Å². The van der Waals surface area contributed by atoms with Crippen molar-refractivity contribution in [3.05, 3.63) is 52.0 Å². The van der Waals surface area contributed by atoms with E-state index in [4.69, 9.17) is 0 Å². The first-order valence-electron chi connectivity index (χ1n) is 5.37. The Morgan fingerprint density at radius 3 is 2.88 bits per heavy atom. The van der Waals surface area contributed by atoms with Crippen molar-refractivity contribution in [2.24, 2.45) is 0 Å². The molecule has 0 bridgehead atoms. The van der Waals surface area contributed by atoms with E-state index in [1.165, 1.54) is 23.5 Å².